The third kappa shape index (κ3) is 8.11. The van der Waals surface area contributed by atoms with Crippen molar-refractivity contribution in [2.45, 2.75) is 39.3 Å². The Labute approximate surface area is 134 Å². The summed E-state index contributed by atoms with van der Waals surface area (Å²) in [7, 11) is -4.74. The van der Waals surface area contributed by atoms with Gasteiger partial charge in [0.15, 0.2) is 0 Å². The molecule has 1 aliphatic rings. The molecule has 0 N–H and O–H groups in total. The molecule has 0 saturated carbocycles. The van der Waals surface area contributed by atoms with Crippen LogP contribution >= 0.6 is 0 Å². The summed E-state index contributed by atoms with van der Waals surface area (Å²) in [5, 5.41) is 0. The Bertz CT molecular complexity index is 156. The molecule has 1 heterocycles. The van der Waals surface area contributed by atoms with Crippen LogP contribution < -0.4 is 56.6 Å². The Morgan fingerprint density at radius 1 is 0.467 bits per heavy atom. The summed E-state index contributed by atoms with van der Waals surface area (Å²) in [6, 6.07) is 0. The van der Waals surface area contributed by atoms with E-state index in [0.717, 1.165) is 0 Å². The predicted octanol–water partition coefficient (Wildman–Crippen LogP) is -5.76. The van der Waals surface area contributed by atoms with E-state index in [1.807, 2.05) is 0 Å². The normalized spacial score (nSPS) is 25.2. The van der Waals surface area contributed by atoms with Crippen molar-refractivity contribution in [3.63, 3.8) is 0 Å². The van der Waals surface area contributed by atoms with Gasteiger partial charge in [0.1, 0.15) is 0 Å². The fourth-order valence-electron chi connectivity index (χ4n) is 2.08. The maximum atomic E-state index is 4.82. The van der Waals surface area contributed by atoms with Crippen molar-refractivity contribution in [1.29, 1.82) is 0 Å². The first-order valence-electron chi connectivity index (χ1n) is 4.34. The van der Waals surface area contributed by atoms with E-state index in [4.69, 9.17) is 13.9 Å². The summed E-state index contributed by atoms with van der Waals surface area (Å²) in [6.07, 6.45) is 0. The van der Waals surface area contributed by atoms with Gasteiger partial charge in [-0.15, -0.1) is 39.3 Å². The van der Waals surface area contributed by atoms with E-state index < -0.39 is 25.2 Å². The van der Waals surface area contributed by atoms with Crippen molar-refractivity contribution < 1.29 is 56.6 Å². The average molecular weight is 237 g/mol. The Kier molecular flexibility index (Phi) is 10.6. The largest absolute Gasteiger partial charge is 1.00 e. The molecule has 0 spiro atoms. The molecule has 0 bridgehead atoms. The zero-order chi connectivity index (χ0) is 9.62. The van der Waals surface area contributed by atoms with Gasteiger partial charge in [0.2, 0.25) is 0 Å². The molecular formula is C6H18Li3N3Si3. The van der Waals surface area contributed by atoms with Crippen LogP contribution in [0.5, 0.6) is 0 Å². The molecule has 0 radical (unpaired) electrons. The summed E-state index contributed by atoms with van der Waals surface area (Å²) in [5.41, 5.74) is 0. The Balaban J connectivity index is -0.000000480. The third-order valence-corrected chi connectivity index (χ3v) is 14.8. The van der Waals surface area contributed by atoms with Crippen molar-refractivity contribution in [1.82, 2.24) is 0 Å². The third-order valence-electron chi connectivity index (χ3n) is 1.64. The molecule has 0 amide bonds. The smallest absolute Gasteiger partial charge is 0.698 e. The van der Waals surface area contributed by atoms with Crippen molar-refractivity contribution >= 4 is 25.2 Å². The van der Waals surface area contributed by atoms with Gasteiger partial charge in [0.05, 0.1) is 0 Å². The molecule has 0 aliphatic carbocycles. The van der Waals surface area contributed by atoms with E-state index in [0.29, 0.717) is 0 Å². The molecule has 3 nitrogen and oxygen atoms in total. The van der Waals surface area contributed by atoms with Gasteiger partial charge in [0, 0.05) is 0 Å². The molecule has 0 unspecified atom stereocenters. The summed E-state index contributed by atoms with van der Waals surface area (Å²) in [4.78, 5) is 0. The first kappa shape index (κ1) is 22.5. The second-order valence-electron chi connectivity index (χ2n) is 4.82. The fraction of sp³-hybridized carbons (Fsp3) is 1.00. The average Bonchev–Trinajstić information content (AvgIpc) is 1.44. The molecule has 1 aliphatic heterocycles. The Morgan fingerprint density at radius 2 is 0.600 bits per heavy atom. The fourth-order valence-corrected chi connectivity index (χ4v) is 20.1. The van der Waals surface area contributed by atoms with Gasteiger partial charge < -0.3 is 13.9 Å². The zero-order valence-corrected chi connectivity index (χ0v) is 14.8. The van der Waals surface area contributed by atoms with Crippen molar-refractivity contribution in [3.8, 4) is 0 Å². The molecule has 0 aromatic rings. The quantitative estimate of drug-likeness (QED) is 0.377. The van der Waals surface area contributed by atoms with Crippen molar-refractivity contribution in [3.05, 3.63) is 13.9 Å². The summed E-state index contributed by atoms with van der Waals surface area (Å²) in [5.74, 6) is 0. The molecule has 0 aromatic carbocycles. The second-order valence-corrected chi connectivity index (χ2v) is 16.5. The molecule has 0 aromatic heterocycles. The number of rotatable bonds is 0. The van der Waals surface area contributed by atoms with Crippen LogP contribution in [0.15, 0.2) is 0 Å². The van der Waals surface area contributed by atoms with E-state index in [-0.39, 0.29) is 56.6 Å². The number of hydrogen-bond acceptors (Lipinski definition) is 0. The molecular weight excluding hydrogens is 219 g/mol. The maximum absolute atomic E-state index is 4.82. The predicted molar refractivity (Wildman–Crippen MR) is 62.5 cm³/mol. The summed E-state index contributed by atoms with van der Waals surface area (Å²) < 4.78 is 14.5. The van der Waals surface area contributed by atoms with E-state index in [1.165, 1.54) is 0 Å². The van der Waals surface area contributed by atoms with Gasteiger partial charge in [-0.25, -0.2) is 0 Å². The molecule has 1 rings (SSSR count). The first-order chi connectivity index (χ1) is 5.12. The molecule has 0 atom stereocenters. The van der Waals surface area contributed by atoms with Crippen LogP contribution in [0.25, 0.3) is 13.9 Å². The van der Waals surface area contributed by atoms with Crippen LogP contribution in [0.1, 0.15) is 0 Å². The van der Waals surface area contributed by atoms with E-state index in [9.17, 15) is 0 Å². The molecule has 72 valence electrons. The van der Waals surface area contributed by atoms with Gasteiger partial charge in [-0.1, -0.05) is 0 Å². The van der Waals surface area contributed by atoms with Gasteiger partial charge in [-0.2, -0.15) is 25.2 Å². The Hall–Kier alpha value is 2.32. The van der Waals surface area contributed by atoms with E-state index in [1.54, 1.807) is 0 Å². The van der Waals surface area contributed by atoms with Crippen LogP contribution in [0, 0.1) is 0 Å². The minimum atomic E-state index is -1.58. The van der Waals surface area contributed by atoms with E-state index in [2.05, 4.69) is 39.3 Å². The molecule has 1 saturated heterocycles. The topological polar surface area (TPSA) is 42.3 Å². The van der Waals surface area contributed by atoms with Crippen LogP contribution in [0.2, 0.25) is 39.3 Å². The van der Waals surface area contributed by atoms with Crippen LogP contribution in [0.3, 0.4) is 0 Å². The van der Waals surface area contributed by atoms with Gasteiger partial charge >= 0.3 is 56.6 Å². The van der Waals surface area contributed by atoms with Crippen LogP contribution in [-0.4, -0.2) is 25.2 Å². The van der Waals surface area contributed by atoms with Crippen LogP contribution in [-0.2, 0) is 0 Å². The number of nitrogens with zero attached hydrogens (tertiary/aromatic N) is 3. The first-order valence-corrected chi connectivity index (χ1v) is 13.0. The SMILES string of the molecule is C[Si]1(C)[N-][Si](C)(C)[N-][Si](C)(C)[N-]1.[Li+].[Li+].[Li+]. The molecule has 1 fully saturated rings. The number of hydrogen-bond donors (Lipinski definition) is 0. The summed E-state index contributed by atoms with van der Waals surface area (Å²) in [6.45, 7) is 13.4. The van der Waals surface area contributed by atoms with E-state index >= 15 is 0 Å². The summed E-state index contributed by atoms with van der Waals surface area (Å²) >= 11 is 0. The van der Waals surface area contributed by atoms with Gasteiger partial charge in [0.25, 0.3) is 0 Å². The monoisotopic (exact) mass is 237 g/mol. The Morgan fingerprint density at radius 3 is 0.733 bits per heavy atom. The standard InChI is InChI=1S/C6H18N3Si3.3Li/c1-10(2)7-11(3,4)9-12(5,6)8-10;;;/h1-6H3;;;/q-3;3*+1. The zero-order valence-electron chi connectivity index (χ0n) is 11.8. The molecule has 9 heteroatoms. The van der Waals surface area contributed by atoms with Crippen LogP contribution in [0.4, 0.5) is 0 Å². The second kappa shape index (κ2) is 7.05. The minimum Gasteiger partial charge on any atom is -0.698 e. The van der Waals surface area contributed by atoms with Crippen molar-refractivity contribution in [2.24, 2.45) is 0 Å². The van der Waals surface area contributed by atoms with Crippen molar-refractivity contribution in [2.75, 3.05) is 0 Å². The maximum Gasteiger partial charge on any atom is 1.00 e. The van der Waals surface area contributed by atoms with Gasteiger partial charge in [-0.3, -0.25) is 0 Å². The minimum absolute atomic E-state index is 0. The van der Waals surface area contributed by atoms with Gasteiger partial charge in [-0.05, 0) is 0 Å². The molecule has 15 heavy (non-hydrogen) atoms.